The molecule has 17 heavy (non-hydrogen) atoms. The molecule has 1 fully saturated rings. The molecule has 0 spiro atoms. The molecule has 2 rings (SSSR count). The lowest BCUT2D eigenvalue weighted by Crippen LogP contribution is -2.52. The number of hydrogen-bond acceptors (Lipinski definition) is 2. The van der Waals surface area contributed by atoms with E-state index in [4.69, 9.17) is 5.73 Å². The van der Waals surface area contributed by atoms with E-state index in [0.29, 0.717) is 12.0 Å². The highest BCUT2D eigenvalue weighted by molar-refractivity contribution is 5.26. The third-order valence-electron chi connectivity index (χ3n) is 4.44. The summed E-state index contributed by atoms with van der Waals surface area (Å²) >= 11 is 0. The van der Waals surface area contributed by atoms with Crippen molar-refractivity contribution >= 4 is 0 Å². The van der Waals surface area contributed by atoms with E-state index >= 15 is 0 Å². The van der Waals surface area contributed by atoms with Crippen molar-refractivity contribution in [1.29, 1.82) is 0 Å². The molecule has 3 unspecified atom stereocenters. The van der Waals surface area contributed by atoms with Crippen LogP contribution in [0.25, 0.3) is 0 Å². The predicted octanol–water partition coefficient (Wildman–Crippen LogP) is 2.59. The van der Waals surface area contributed by atoms with Crippen LogP contribution in [0.4, 0.5) is 0 Å². The minimum absolute atomic E-state index is 0.164. The first-order valence-corrected chi connectivity index (χ1v) is 6.56. The zero-order valence-electron chi connectivity index (χ0n) is 11.2. The fraction of sp³-hybridized carbons (Fsp3) is 0.600. The van der Waals surface area contributed by atoms with Gasteiger partial charge in [-0.1, -0.05) is 37.3 Å². The monoisotopic (exact) mass is 232 g/mol. The zero-order chi connectivity index (χ0) is 12.5. The van der Waals surface area contributed by atoms with Crippen molar-refractivity contribution in [3.05, 3.63) is 35.9 Å². The Morgan fingerprint density at radius 2 is 1.88 bits per heavy atom. The van der Waals surface area contributed by atoms with Crippen LogP contribution in [0.5, 0.6) is 0 Å². The van der Waals surface area contributed by atoms with Gasteiger partial charge in [0.05, 0.1) is 0 Å². The summed E-state index contributed by atoms with van der Waals surface area (Å²) < 4.78 is 0. The van der Waals surface area contributed by atoms with Crippen LogP contribution in [-0.4, -0.2) is 25.0 Å². The Morgan fingerprint density at radius 1 is 1.24 bits per heavy atom. The van der Waals surface area contributed by atoms with Crippen molar-refractivity contribution in [3.8, 4) is 0 Å². The first-order chi connectivity index (χ1) is 8.07. The van der Waals surface area contributed by atoms with Crippen LogP contribution >= 0.6 is 0 Å². The minimum atomic E-state index is 0.164. The summed E-state index contributed by atoms with van der Waals surface area (Å²) in [5.41, 5.74) is 7.70. The van der Waals surface area contributed by atoms with Gasteiger partial charge >= 0.3 is 0 Å². The summed E-state index contributed by atoms with van der Waals surface area (Å²) in [5.74, 6) is 0.601. The molecule has 1 aromatic carbocycles. The number of nitrogens with two attached hydrogens (primary N) is 1. The maximum Gasteiger partial charge on any atom is 0.0481 e. The molecule has 1 aliphatic carbocycles. The largest absolute Gasteiger partial charge is 0.328 e. The molecule has 2 heteroatoms. The summed E-state index contributed by atoms with van der Waals surface area (Å²) in [7, 11) is 4.39. The van der Waals surface area contributed by atoms with Gasteiger partial charge in [0.25, 0.3) is 0 Å². The van der Waals surface area contributed by atoms with Gasteiger partial charge in [-0.3, -0.25) is 4.90 Å². The molecule has 0 aliphatic heterocycles. The maximum absolute atomic E-state index is 6.11. The molecular formula is C15H24N2. The highest BCUT2D eigenvalue weighted by Crippen LogP contribution is 2.44. The van der Waals surface area contributed by atoms with Gasteiger partial charge in [0.2, 0.25) is 0 Å². The minimum Gasteiger partial charge on any atom is -0.328 e. The molecule has 2 nitrogen and oxygen atoms in total. The third-order valence-corrected chi connectivity index (χ3v) is 4.44. The van der Waals surface area contributed by atoms with Gasteiger partial charge < -0.3 is 5.73 Å². The van der Waals surface area contributed by atoms with Gasteiger partial charge in [-0.15, -0.1) is 0 Å². The van der Waals surface area contributed by atoms with E-state index in [1.807, 2.05) is 0 Å². The van der Waals surface area contributed by atoms with Gasteiger partial charge in [0.1, 0.15) is 0 Å². The van der Waals surface area contributed by atoms with Gasteiger partial charge in [-0.2, -0.15) is 0 Å². The normalized spacial score (nSPS) is 33.9. The Bertz CT molecular complexity index is 360. The molecule has 94 valence electrons. The van der Waals surface area contributed by atoms with Crippen molar-refractivity contribution in [2.45, 2.75) is 37.8 Å². The summed E-state index contributed by atoms with van der Waals surface area (Å²) in [4.78, 5) is 2.39. The highest BCUT2D eigenvalue weighted by Gasteiger charge is 2.43. The maximum atomic E-state index is 6.11. The third kappa shape index (κ3) is 2.12. The molecular weight excluding hydrogens is 208 g/mol. The number of nitrogens with zero attached hydrogens (tertiary/aromatic N) is 1. The standard InChI is InChI=1S/C15H24N2/c1-12-11-14(16)9-10-15(12,17(2)3)13-7-5-4-6-8-13/h4-8,12,14H,9-11,16H2,1-3H3. The smallest absolute Gasteiger partial charge is 0.0481 e. The van der Waals surface area contributed by atoms with E-state index in [1.165, 1.54) is 5.56 Å². The number of hydrogen-bond donors (Lipinski definition) is 1. The predicted molar refractivity (Wildman–Crippen MR) is 72.8 cm³/mol. The molecule has 0 bridgehead atoms. The molecule has 3 atom stereocenters. The van der Waals surface area contributed by atoms with E-state index in [0.717, 1.165) is 19.3 Å². The van der Waals surface area contributed by atoms with Crippen LogP contribution in [0.3, 0.4) is 0 Å². The first kappa shape index (κ1) is 12.6. The van der Waals surface area contributed by atoms with Crippen LogP contribution in [0, 0.1) is 5.92 Å². The van der Waals surface area contributed by atoms with Gasteiger partial charge in [-0.05, 0) is 44.8 Å². The van der Waals surface area contributed by atoms with Gasteiger partial charge in [0.15, 0.2) is 0 Å². The van der Waals surface area contributed by atoms with Crippen LogP contribution in [0.15, 0.2) is 30.3 Å². The molecule has 1 aromatic rings. The topological polar surface area (TPSA) is 29.3 Å². The lowest BCUT2D eigenvalue weighted by molar-refractivity contribution is 0.0360. The molecule has 0 radical (unpaired) electrons. The number of benzene rings is 1. The molecule has 0 amide bonds. The van der Waals surface area contributed by atoms with Crippen molar-refractivity contribution in [3.63, 3.8) is 0 Å². The number of rotatable bonds is 2. The molecule has 2 N–H and O–H groups in total. The summed E-state index contributed by atoms with van der Waals surface area (Å²) in [6.45, 7) is 2.34. The highest BCUT2D eigenvalue weighted by atomic mass is 15.2. The zero-order valence-corrected chi connectivity index (χ0v) is 11.2. The van der Waals surface area contributed by atoms with Crippen LogP contribution in [0.1, 0.15) is 31.7 Å². The summed E-state index contributed by atoms with van der Waals surface area (Å²) in [6, 6.07) is 11.3. The second-order valence-electron chi connectivity index (χ2n) is 5.62. The van der Waals surface area contributed by atoms with E-state index in [9.17, 15) is 0 Å². The lowest BCUT2D eigenvalue weighted by Gasteiger charge is -2.49. The SMILES string of the molecule is CC1CC(N)CCC1(c1ccccc1)N(C)C. The van der Waals surface area contributed by atoms with Crippen LogP contribution in [0.2, 0.25) is 0 Å². The van der Waals surface area contributed by atoms with Crippen LogP contribution < -0.4 is 5.73 Å². The molecule has 0 saturated heterocycles. The van der Waals surface area contributed by atoms with E-state index < -0.39 is 0 Å². The van der Waals surface area contributed by atoms with Crippen molar-refractivity contribution in [2.75, 3.05) is 14.1 Å². The first-order valence-electron chi connectivity index (χ1n) is 6.56. The average Bonchev–Trinajstić information content (AvgIpc) is 2.30. The molecule has 0 aromatic heterocycles. The van der Waals surface area contributed by atoms with Crippen molar-refractivity contribution in [2.24, 2.45) is 11.7 Å². The second-order valence-corrected chi connectivity index (χ2v) is 5.62. The molecule has 1 saturated carbocycles. The average molecular weight is 232 g/mol. The van der Waals surface area contributed by atoms with E-state index in [1.54, 1.807) is 0 Å². The van der Waals surface area contributed by atoms with Gasteiger partial charge in [0, 0.05) is 11.6 Å². The quantitative estimate of drug-likeness (QED) is 0.849. The Balaban J connectivity index is 2.40. The van der Waals surface area contributed by atoms with E-state index in [2.05, 4.69) is 56.3 Å². The van der Waals surface area contributed by atoms with Crippen molar-refractivity contribution in [1.82, 2.24) is 4.90 Å². The second kappa shape index (κ2) is 4.79. The molecule has 0 heterocycles. The summed E-state index contributed by atoms with van der Waals surface area (Å²) in [6.07, 6.45) is 3.40. The fourth-order valence-electron chi connectivity index (χ4n) is 3.50. The van der Waals surface area contributed by atoms with E-state index in [-0.39, 0.29) is 5.54 Å². The van der Waals surface area contributed by atoms with Gasteiger partial charge in [-0.25, -0.2) is 0 Å². The Morgan fingerprint density at radius 3 is 2.41 bits per heavy atom. The summed E-state index contributed by atoms with van der Waals surface area (Å²) in [5, 5.41) is 0. The van der Waals surface area contributed by atoms with Crippen molar-refractivity contribution < 1.29 is 0 Å². The Labute approximate surface area is 105 Å². The molecule has 1 aliphatic rings. The fourth-order valence-corrected chi connectivity index (χ4v) is 3.50. The Kier molecular flexibility index (Phi) is 3.55. The van der Waals surface area contributed by atoms with Crippen LogP contribution in [-0.2, 0) is 5.54 Å². The Hall–Kier alpha value is -0.860. The lowest BCUT2D eigenvalue weighted by atomic mass is 9.67.